The second-order valence-corrected chi connectivity index (χ2v) is 10.9. The summed E-state index contributed by atoms with van der Waals surface area (Å²) < 4.78 is 10.7. The molecule has 0 radical (unpaired) electrons. The zero-order valence-electron chi connectivity index (χ0n) is 24.0. The number of hydrogen-bond donors (Lipinski definition) is 1. The molecule has 1 aliphatic heterocycles. The van der Waals surface area contributed by atoms with Crippen LogP contribution in [0.3, 0.4) is 0 Å². The lowest BCUT2D eigenvalue weighted by atomic mass is 10.1. The van der Waals surface area contributed by atoms with E-state index in [1.54, 1.807) is 32.2 Å². The van der Waals surface area contributed by atoms with Crippen molar-refractivity contribution >= 4 is 29.2 Å². The highest BCUT2D eigenvalue weighted by atomic mass is 32.2. The van der Waals surface area contributed by atoms with Gasteiger partial charge >= 0.3 is 0 Å². The number of rotatable bonds is 12. The number of nitrogens with one attached hydrogen (secondary N) is 1. The summed E-state index contributed by atoms with van der Waals surface area (Å²) in [7, 11) is 3.36. The molecule has 1 N–H and O–H groups in total. The quantitative estimate of drug-likeness (QED) is 0.189. The predicted octanol–water partition coefficient (Wildman–Crippen LogP) is 4.62. The Morgan fingerprint density at radius 3 is 2.36 bits per heavy atom. The summed E-state index contributed by atoms with van der Waals surface area (Å²) in [4.78, 5) is 31.2. The average Bonchev–Trinajstić information content (AvgIpc) is 3.05. The number of ether oxygens (including phenoxy) is 2. The number of carbonyl (C=O) groups is 1. The van der Waals surface area contributed by atoms with E-state index in [1.807, 2.05) is 60.7 Å². The van der Waals surface area contributed by atoms with Crippen molar-refractivity contribution in [2.24, 2.45) is 0 Å². The van der Waals surface area contributed by atoms with Crippen LogP contribution in [-0.4, -0.2) is 67.8 Å². The molecule has 1 amide bonds. The highest BCUT2D eigenvalue weighted by Gasteiger charge is 2.20. The van der Waals surface area contributed by atoms with E-state index in [9.17, 15) is 4.79 Å². The molecule has 3 heterocycles. The second kappa shape index (κ2) is 14.7. The number of methoxy groups -OCH3 is 2. The van der Waals surface area contributed by atoms with Crippen molar-refractivity contribution in [3.8, 4) is 5.75 Å². The van der Waals surface area contributed by atoms with Crippen molar-refractivity contribution in [2.45, 2.75) is 23.9 Å². The molecule has 0 spiro atoms. The van der Waals surface area contributed by atoms with Crippen LogP contribution in [0.5, 0.6) is 5.75 Å². The number of piperazine rings is 1. The minimum Gasteiger partial charge on any atom is -0.497 e. The summed E-state index contributed by atoms with van der Waals surface area (Å²) in [5.41, 5.74) is 4.75. The number of thioether (sulfide) groups is 1. The number of aromatic nitrogens is 3. The van der Waals surface area contributed by atoms with Crippen LogP contribution >= 0.6 is 11.8 Å². The topological polar surface area (TPSA) is 92.7 Å². The molecule has 5 rings (SSSR count). The molecule has 2 aromatic heterocycles. The molecule has 9 nitrogen and oxygen atoms in total. The van der Waals surface area contributed by atoms with Gasteiger partial charge in [0.2, 0.25) is 0 Å². The van der Waals surface area contributed by atoms with E-state index in [0.717, 1.165) is 54.7 Å². The van der Waals surface area contributed by atoms with Crippen molar-refractivity contribution in [2.75, 3.05) is 56.7 Å². The molecule has 1 aliphatic rings. The maximum absolute atomic E-state index is 12.6. The molecular formula is C32H36N6O3S. The lowest BCUT2D eigenvalue weighted by molar-refractivity contribution is 0.0954. The number of nitrogens with zero attached hydrogens (tertiary/aromatic N) is 5. The van der Waals surface area contributed by atoms with E-state index in [4.69, 9.17) is 19.4 Å². The Bertz CT molecular complexity index is 1430. The normalized spacial score (nSPS) is 13.2. The fraction of sp³-hybridized carbons (Fsp3) is 0.312. The summed E-state index contributed by atoms with van der Waals surface area (Å²) >= 11 is 1.58. The molecular weight excluding hydrogens is 548 g/mol. The van der Waals surface area contributed by atoms with E-state index in [2.05, 4.69) is 32.2 Å². The van der Waals surface area contributed by atoms with Gasteiger partial charge in [-0.25, -0.2) is 9.97 Å². The number of anilines is 2. The Hall–Kier alpha value is -4.15. The Morgan fingerprint density at radius 2 is 1.67 bits per heavy atom. The fourth-order valence-corrected chi connectivity index (χ4v) is 5.58. The maximum atomic E-state index is 12.6. The first kappa shape index (κ1) is 29.3. The van der Waals surface area contributed by atoms with Crippen LogP contribution in [0, 0.1) is 0 Å². The Labute approximate surface area is 251 Å². The Kier molecular flexibility index (Phi) is 10.2. The minimum absolute atomic E-state index is 0.0857. The number of pyridine rings is 1. The van der Waals surface area contributed by atoms with Gasteiger partial charge < -0.3 is 24.6 Å². The van der Waals surface area contributed by atoms with Gasteiger partial charge in [0.05, 0.1) is 19.4 Å². The summed E-state index contributed by atoms with van der Waals surface area (Å²) in [6.45, 7) is 4.51. The van der Waals surface area contributed by atoms with E-state index in [-0.39, 0.29) is 5.91 Å². The van der Waals surface area contributed by atoms with E-state index in [1.165, 1.54) is 5.69 Å². The lowest BCUT2D eigenvalue weighted by Gasteiger charge is -2.37. The lowest BCUT2D eigenvalue weighted by Crippen LogP contribution is -2.46. The zero-order chi connectivity index (χ0) is 29.1. The van der Waals surface area contributed by atoms with Gasteiger partial charge in [0, 0.05) is 81.2 Å². The van der Waals surface area contributed by atoms with Gasteiger partial charge in [-0.2, -0.15) is 0 Å². The van der Waals surface area contributed by atoms with Crippen molar-refractivity contribution in [1.82, 2.24) is 20.3 Å². The van der Waals surface area contributed by atoms with Crippen LogP contribution < -0.4 is 19.9 Å². The first-order valence-electron chi connectivity index (χ1n) is 14.0. The van der Waals surface area contributed by atoms with Crippen LogP contribution in [0.2, 0.25) is 0 Å². The van der Waals surface area contributed by atoms with Crippen LogP contribution in [0.25, 0.3) is 0 Å². The zero-order valence-corrected chi connectivity index (χ0v) is 24.8. The van der Waals surface area contributed by atoms with Gasteiger partial charge in [0.1, 0.15) is 11.6 Å². The Morgan fingerprint density at radius 1 is 0.905 bits per heavy atom. The first-order chi connectivity index (χ1) is 20.6. The van der Waals surface area contributed by atoms with Gasteiger partial charge in [-0.1, -0.05) is 30.0 Å². The van der Waals surface area contributed by atoms with Crippen molar-refractivity contribution in [3.63, 3.8) is 0 Å². The molecule has 218 valence electrons. The summed E-state index contributed by atoms with van der Waals surface area (Å²) in [5.74, 6) is 2.40. The van der Waals surface area contributed by atoms with Gasteiger partial charge in [-0.15, -0.1) is 0 Å². The van der Waals surface area contributed by atoms with Crippen LogP contribution in [0.15, 0.2) is 84.1 Å². The molecule has 1 saturated heterocycles. The van der Waals surface area contributed by atoms with Crippen molar-refractivity contribution in [1.29, 1.82) is 0 Å². The van der Waals surface area contributed by atoms with Gasteiger partial charge in [0.25, 0.3) is 5.91 Å². The Balaban J connectivity index is 1.15. The molecule has 0 saturated carbocycles. The number of hydrogen-bond acceptors (Lipinski definition) is 9. The van der Waals surface area contributed by atoms with E-state index >= 15 is 0 Å². The van der Waals surface area contributed by atoms with Gasteiger partial charge in [-0.3, -0.25) is 9.78 Å². The maximum Gasteiger partial charge on any atom is 0.251 e. The molecule has 0 unspecified atom stereocenters. The summed E-state index contributed by atoms with van der Waals surface area (Å²) in [6, 6.07) is 23.7. The van der Waals surface area contributed by atoms with Crippen LogP contribution in [0.1, 0.15) is 27.3 Å². The van der Waals surface area contributed by atoms with Crippen molar-refractivity contribution in [3.05, 3.63) is 102 Å². The summed E-state index contributed by atoms with van der Waals surface area (Å²) in [5, 5.41) is 3.68. The molecule has 4 aromatic rings. The molecule has 1 fully saturated rings. The molecule has 0 atom stereocenters. The molecule has 10 heteroatoms. The third-order valence-electron chi connectivity index (χ3n) is 7.06. The average molecular weight is 585 g/mol. The number of benzene rings is 2. The highest BCUT2D eigenvalue weighted by molar-refractivity contribution is 7.98. The van der Waals surface area contributed by atoms with Crippen LogP contribution in [0.4, 0.5) is 11.5 Å². The SMILES string of the molecule is COCc1cc(N2CCN(c3ccc(OC)cc3)CC2)nc(SCc2ccc(C(=O)NCCc3ccccn3)cc2)n1. The smallest absolute Gasteiger partial charge is 0.251 e. The molecule has 0 aliphatic carbocycles. The largest absolute Gasteiger partial charge is 0.497 e. The molecule has 0 bridgehead atoms. The molecule has 42 heavy (non-hydrogen) atoms. The van der Waals surface area contributed by atoms with Gasteiger partial charge in [-0.05, 0) is 54.1 Å². The first-order valence-corrected chi connectivity index (χ1v) is 15.0. The van der Waals surface area contributed by atoms with Gasteiger partial charge in [0.15, 0.2) is 5.16 Å². The van der Waals surface area contributed by atoms with E-state index < -0.39 is 0 Å². The molecule has 2 aromatic carbocycles. The van der Waals surface area contributed by atoms with Crippen molar-refractivity contribution < 1.29 is 14.3 Å². The van der Waals surface area contributed by atoms with Crippen LogP contribution in [-0.2, 0) is 23.5 Å². The second-order valence-electron chi connectivity index (χ2n) is 9.92. The number of carbonyl (C=O) groups excluding carboxylic acids is 1. The minimum atomic E-state index is -0.0857. The van der Waals surface area contributed by atoms with E-state index in [0.29, 0.717) is 36.0 Å². The standard InChI is InChI=1S/C32H36N6O3S/c1-40-22-27-21-30(38-19-17-37(18-20-38)28-10-12-29(41-2)13-11-28)36-32(35-27)42-23-24-6-8-25(9-7-24)31(39)34-16-14-26-5-3-4-15-33-26/h3-13,15,21H,14,16-20,22-23H2,1-2H3,(H,34,39). The highest BCUT2D eigenvalue weighted by Crippen LogP contribution is 2.26. The third kappa shape index (κ3) is 7.98. The predicted molar refractivity (Wildman–Crippen MR) is 166 cm³/mol. The monoisotopic (exact) mass is 584 g/mol. The fourth-order valence-electron chi connectivity index (χ4n) is 4.75. The number of amides is 1. The summed E-state index contributed by atoms with van der Waals surface area (Å²) in [6.07, 6.45) is 2.46. The third-order valence-corrected chi connectivity index (χ3v) is 7.97.